The number of ether oxygens (including phenoxy) is 1. The molecule has 0 unspecified atom stereocenters. The van der Waals surface area contributed by atoms with Crippen LogP contribution in [0.1, 0.15) is 37.0 Å². The summed E-state index contributed by atoms with van der Waals surface area (Å²) >= 11 is 2.17. The highest BCUT2D eigenvalue weighted by molar-refractivity contribution is 14.1. The number of piperidine rings is 1. The second-order valence-electron chi connectivity index (χ2n) is 5.50. The Morgan fingerprint density at radius 1 is 1.32 bits per heavy atom. The van der Waals surface area contributed by atoms with Crippen LogP contribution in [-0.2, 0) is 4.74 Å². The van der Waals surface area contributed by atoms with Crippen LogP contribution in [0.2, 0.25) is 0 Å². The van der Waals surface area contributed by atoms with E-state index in [1.807, 2.05) is 38.1 Å². The number of hydrogen-bond donors (Lipinski definition) is 1. The average Bonchev–Trinajstić information content (AvgIpc) is 2.39. The Balaban J connectivity index is 2.07. The largest absolute Gasteiger partial charge is 0.456 e. The van der Waals surface area contributed by atoms with E-state index >= 15 is 0 Å². The Morgan fingerprint density at radius 2 is 1.95 bits per heavy atom. The predicted octanol–water partition coefficient (Wildman–Crippen LogP) is 3.23. The number of hydrogen-bond acceptors (Lipinski definition) is 3. The second-order valence-corrected chi connectivity index (χ2v) is 6.66. The minimum atomic E-state index is -0.405. The fraction of sp³-hybridized carbons (Fsp3) is 0.533. The number of carbonyl (C=O) groups excluding carboxylic acids is 1. The number of nitrogens with one attached hydrogen (secondary N) is 1. The van der Waals surface area contributed by atoms with E-state index in [2.05, 4.69) is 27.9 Å². The minimum Gasteiger partial charge on any atom is -0.456 e. The van der Waals surface area contributed by atoms with Gasteiger partial charge in [0.05, 0.1) is 5.56 Å². The Kier molecular flexibility index (Phi) is 4.84. The molecule has 2 rings (SSSR count). The topological polar surface area (TPSA) is 38.3 Å². The van der Waals surface area contributed by atoms with E-state index in [-0.39, 0.29) is 5.97 Å². The number of carbonyl (C=O) groups is 1. The number of benzene rings is 1. The Labute approximate surface area is 128 Å². The molecule has 0 radical (unpaired) electrons. The first-order valence-corrected chi connectivity index (χ1v) is 7.77. The molecule has 1 aliphatic heterocycles. The van der Waals surface area contributed by atoms with Crippen molar-refractivity contribution in [3.05, 3.63) is 33.4 Å². The molecule has 0 aromatic heterocycles. The number of halogens is 1. The Hall–Kier alpha value is -0.620. The molecule has 0 atom stereocenters. The lowest BCUT2D eigenvalue weighted by Gasteiger charge is -2.36. The average molecular weight is 373 g/mol. The lowest BCUT2D eigenvalue weighted by Crippen LogP contribution is -2.42. The molecule has 3 nitrogen and oxygen atoms in total. The van der Waals surface area contributed by atoms with Crippen LogP contribution in [0, 0.1) is 9.49 Å². The van der Waals surface area contributed by atoms with Gasteiger partial charge in [0.1, 0.15) is 5.60 Å². The summed E-state index contributed by atoms with van der Waals surface area (Å²) in [4.78, 5) is 12.3. The molecule has 1 aromatic rings. The van der Waals surface area contributed by atoms with Crippen molar-refractivity contribution < 1.29 is 9.53 Å². The Bertz CT molecular complexity index is 453. The molecule has 1 aromatic carbocycles. The molecule has 0 saturated carbocycles. The van der Waals surface area contributed by atoms with Crippen LogP contribution < -0.4 is 5.32 Å². The third-order valence-electron chi connectivity index (χ3n) is 3.77. The predicted molar refractivity (Wildman–Crippen MR) is 84.2 cm³/mol. The van der Waals surface area contributed by atoms with Crippen molar-refractivity contribution >= 4 is 28.6 Å². The van der Waals surface area contributed by atoms with Gasteiger partial charge in [-0.25, -0.2) is 4.79 Å². The summed E-state index contributed by atoms with van der Waals surface area (Å²) in [6.07, 6.45) is 2.12. The molecule has 0 spiro atoms. The van der Waals surface area contributed by atoms with Crippen molar-refractivity contribution in [1.82, 2.24) is 5.32 Å². The molecule has 1 heterocycles. The van der Waals surface area contributed by atoms with Crippen molar-refractivity contribution in [1.29, 1.82) is 0 Å². The van der Waals surface area contributed by atoms with Crippen LogP contribution in [0.15, 0.2) is 24.3 Å². The van der Waals surface area contributed by atoms with Crippen molar-refractivity contribution in [2.45, 2.75) is 32.3 Å². The zero-order valence-electron chi connectivity index (χ0n) is 11.4. The van der Waals surface area contributed by atoms with Gasteiger partial charge < -0.3 is 10.1 Å². The third kappa shape index (κ3) is 3.69. The van der Waals surface area contributed by atoms with Crippen molar-refractivity contribution in [2.24, 2.45) is 5.92 Å². The van der Waals surface area contributed by atoms with Crippen LogP contribution in [0.25, 0.3) is 0 Å². The van der Waals surface area contributed by atoms with Gasteiger partial charge in [0, 0.05) is 9.49 Å². The van der Waals surface area contributed by atoms with Crippen LogP contribution in [0.5, 0.6) is 0 Å². The fourth-order valence-corrected chi connectivity index (χ4v) is 3.13. The molecule has 19 heavy (non-hydrogen) atoms. The molecule has 1 fully saturated rings. The molecule has 1 aliphatic rings. The molecule has 1 N–H and O–H groups in total. The van der Waals surface area contributed by atoms with Gasteiger partial charge in [0.25, 0.3) is 0 Å². The lowest BCUT2D eigenvalue weighted by atomic mass is 9.83. The summed E-state index contributed by atoms with van der Waals surface area (Å²) in [5.74, 6) is 0.215. The van der Waals surface area contributed by atoms with Crippen molar-refractivity contribution in [2.75, 3.05) is 13.1 Å². The van der Waals surface area contributed by atoms with Gasteiger partial charge in [0.2, 0.25) is 0 Å². The van der Waals surface area contributed by atoms with Gasteiger partial charge in [-0.05, 0) is 74.5 Å². The summed E-state index contributed by atoms with van der Waals surface area (Å²) in [6, 6.07) is 7.55. The lowest BCUT2D eigenvalue weighted by molar-refractivity contribution is -0.0369. The smallest absolute Gasteiger partial charge is 0.339 e. The first kappa shape index (κ1) is 14.8. The highest BCUT2D eigenvalue weighted by atomic mass is 127. The maximum atomic E-state index is 12.3. The van der Waals surface area contributed by atoms with E-state index < -0.39 is 5.60 Å². The molecule has 0 amide bonds. The van der Waals surface area contributed by atoms with Gasteiger partial charge in [-0.3, -0.25) is 0 Å². The fourth-order valence-electron chi connectivity index (χ4n) is 2.52. The highest BCUT2D eigenvalue weighted by Crippen LogP contribution is 2.30. The van der Waals surface area contributed by atoms with E-state index in [1.54, 1.807) is 0 Å². The molecular formula is C15H20INO2. The summed E-state index contributed by atoms with van der Waals surface area (Å²) in [6.45, 7) is 6.07. The molecule has 104 valence electrons. The van der Waals surface area contributed by atoms with E-state index in [0.29, 0.717) is 11.5 Å². The summed E-state index contributed by atoms with van der Waals surface area (Å²) in [5.41, 5.74) is 0.253. The molecule has 0 aliphatic carbocycles. The van der Waals surface area contributed by atoms with E-state index in [4.69, 9.17) is 4.74 Å². The van der Waals surface area contributed by atoms with E-state index in [9.17, 15) is 4.79 Å². The van der Waals surface area contributed by atoms with Crippen LogP contribution in [0.4, 0.5) is 0 Å². The normalized spacial score (nSPS) is 17.2. The second kappa shape index (κ2) is 6.22. The third-order valence-corrected chi connectivity index (χ3v) is 4.71. The maximum Gasteiger partial charge on any atom is 0.339 e. The van der Waals surface area contributed by atoms with Gasteiger partial charge in [-0.1, -0.05) is 12.1 Å². The molecule has 0 bridgehead atoms. The summed E-state index contributed by atoms with van der Waals surface area (Å²) < 4.78 is 6.71. The summed E-state index contributed by atoms with van der Waals surface area (Å²) in [7, 11) is 0. The number of esters is 1. The maximum absolute atomic E-state index is 12.3. The molecule has 4 heteroatoms. The van der Waals surface area contributed by atoms with Gasteiger partial charge in [-0.15, -0.1) is 0 Å². The van der Waals surface area contributed by atoms with Gasteiger partial charge >= 0.3 is 5.97 Å². The van der Waals surface area contributed by atoms with Crippen molar-refractivity contribution in [3.8, 4) is 0 Å². The van der Waals surface area contributed by atoms with Crippen LogP contribution in [-0.4, -0.2) is 24.7 Å². The first-order chi connectivity index (χ1) is 9.00. The standard InChI is InChI=1S/C15H20INO2/c1-15(2,11-7-9-17-10-8-11)19-14(18)12-5-3-4-6-13(12)16/h3-6,11,17H,7-10H2,1-2H3. The zero-order valence-corrected chi connectivity index (χ0v) is 13.6. The zero-order chi connectivity index (χ0) is 13.9. The van der Waals surface area contributed by atoms with E-state index in [1.165, 1.54) is 0 Å². The van der Waals surface area contributed by atoms with Crippen LogP contribution in [0.3, 0.4) is 0 Å². The SMILES string of the molecule is CC(C)(OC(=O)c1ccccc1I)C1CCNCC1. The quantitative estimate of drug-likeness (QED) is 0.653. The van der Waals surface area contributed by atoms with Gasteiger partial charge in [-0.2, -0.15) is 0 Å². The molecule has 1 saturated heterocycles. The van der Waals surface area contributed by atoms with Gasteiger partial charge in [0.15, 0.2) is 0 Å². The first-order valence-electron chi connectivity index (χ1n) is 6.69. The van der Waals surface area contributed by atoms with Crippen LogP contribution >= 0.6 is 22.6 Å². The molecular weight excluding hydrogens is 353 g/mol. The number of rotatable bonds is 3. The van der Waals surface area contributed by atoms with E-state index in [0.717, 1.165) is 29.5 Å². The highest BCUT2D eigenvalue weighted by Gasteiger charge is 2.34. The van der Waals surface area contributed by atoms with Crippen molar-refractivity contribution in [3.63, 3.8) is 0 Å². The minimum absolute atomic E-state index is 0.214. The Morgan fingerprint density at radius 3 is 2.58 bits per heavy atom. The summed E-state index contributed by atoms with van der Waals surface area (Å²) in [5, 5.41) is 3.34. The monoisotopic (exact) mass is 373 g/mol.